The van der Waals surface area contributed by atoms with E-state index in [4.69, 9.17) is 0 Å². The van der Waals surface area contributed by atoms with E-state index in [1.54, 1.807) is 0 Å². The van der Waals surface area contributed by atoms with Crippen LogP contribution in [-0.4, -0.2) is 38.2 Å². The van der Waals surface area contributed by atoms with Crippen molar-refractivity contribution in [3.05, 3.63) is 28.7 Å². The molecule has 0 aliphatic heterocycles. The van der Waals surface area contributed by atoms with Crippen molar-refractivity contribution >= 4 is 27.9 Å². The molecule has 23 heavy (non-hydrogen) atoms. The van der Waals surface area contributed by atoms with E-state index in [9.17, 15) is 9.59 Å². The zero-order chi connectivity index (χ0) is 16.8. The van der Waals surface area contributed by atoms with Gasteiger partial charge in [0.15, 0.2) is 0 Å². The number of carbonyl (C=O) groups is 2. The van der Waals surface area contributed by atoms with Gasteiger partial charge in [-0.05, 0) is 42.8 Å². The molecule has 1 atom stereocenters. The molecule has 2 aromatic rings. The van der Waals surface area contributed by atoms with Crippen molar-refractivity contribution in [2.24, 2.45) is 0 Å². The van der Waals surface area contributed by atoms with Crippen molar-refractivity contribution < 1.29 is 9.59 Å². The summed E-state index contributed by atoms with van der Waals surface area (Å²) < 4.78 is 0.945. The summed E-state index contributed by atoms with van der Waals surface area (Å²) in [6.07, 6.45) is 0.781. The first-order valence-corrected chi connectivity index (χ1v) is 7.91. The maximum absolute atomic E-state index is 11.8. The van der Waals surface area contributed by atoms with Crippen LogP contribution >= 0.6 is 15.9 Å². The van der Waals surface area contributed by atoms with E-state index in [0.29, 0.717) is 5.82 Å². The van der Waals surface area contributed by atoms with Gasteiger partial charge in [-0.15, -0.1) is 10.2 Å². The predicted molar refractivity (Wildman–Crippen MR) is 87.4 cm³/mol. The van der Waals surface area contributed by atoms with Gasteiger partial charge in [0.1, 0.15) is 6.54 Å². The molecule has 1 aromatic carbocycles. The largest absolute Gasteiger partial charge is 0.335 e. The SMILES string of the molecule is CC[C@H](C)NC(=O)NC(=O)Cn1nnc(-c2ccc(Br)cc2)n1. The highest BCUT2D eigenvalue weighted by Crippen LogP contribution is 2.17. The van der Waals surface area contributed by atoms with E-state index < -0.39 is 11.9 Å². The molecule has 0 saturated carbocycles. The number of hydrogen-bond donors (Lipinski definition) is 2. The number of aromatic nitrogens is 4. The zero-order valence-corrected chi connectivity index (χ0v) is 14.4. The highest BCUT2D eigenvalue weighted by Gasteiger charge is 2.13. The number of nitrogens with zero attached hydrogens (tertiary/aromatic N) is 4. The van der Waals surface area contributed by atoms with Crippen LogP contribution in [-0.2, 0) is 11.3 Å². The average Bonchev–Trinajstić information content (AvgIpc) is 2.95. The number of carbonyl (C=O) groups excluding carboxylic acids is 2. The fourth-order valence-corrected chi connectivity index (χ4v) is 1.95. The summed E-state index contributed by atoms with van der Waals surface area (Å²) >= 11 is 3.35. The van der Waals surface area contributed by atoms with Gasteiger partial charge in [-0.1, -0.05) is 22.9 Å². The van der Waals surface area contributed by atoms with Crippen LogP contribution in [0, 0.1) is 0 Å². The molecule has 1 heterocycles. The van der Waals surface area contributed by atoms with Gasteiger partial charge in [0.25, 0.3) is 5.91 Å². The third kappa shape index (κ3) is 5.13. The van der Waals surface area contributed by atoms with Gasteiger partial charge >= 0.3 is 6.03 Å². The Morgan fingerprint density at radius 2 is 2.00 bits per heavy atom. The molecule has 2 N–H and O–H groups in total. The molecule has 122 valence electrons. The Balaban J connectivity index is 1.92. The van der Waals surface area contributed by atoms with Crippen LogP contribution in [0.15, 0.2) is 28.7 Å². The Morgan fingerprint density at radius 3 is 2.65 bits per heavy atom. The van der Waals surface area contributed by atoms with Crippen LogP contribution in [0.25, 0.3) is 11.4 Å². The number of tetrazole rings is 1. The summed E-state index contributed by atoms with van der Waals surface area (Å²) in [6.45, 7) is 3.61. The molecule has 0 aliphatic rings. The first-order valence-electron chi connectivity index (χ1n) is 7.12. The second-order valence-electron chi connectivity index (χ2n) is 4.98. The van der Waals surface area contributed by atoms with Crippen molar-refractivity contribution in [2.75, 3.05) is 0 Å². The summed E-state index contributed by atoms with van der Waals surface area (Å²) in [5, 5.41) is 16.7. The van der Waals surface area contributed by atoms with Crippen LogP contribution in [0.3, 0.4) is 0 Å². The van der Waals surface area contributed by atoms with Crippen molar-refractivity contribution in [2.45, 2.75) is 32.9 Å². The molecule has 0 fully saturated rings. The van der Waals surface area contributed by atoms with Crippen LogP contribution in [0.4, 0.5) is 4.79 Å². The highest BCUT2D eigenvalue weighted by atomic mass is 79.9. The molecule has 3 amide bonds. The van der Waals surface area contributed by atoms with Gasteiger partial charge < -0.3 is 5.32 Å². The summed E-state index contributed by atoms with van der Waals surface area (Å²) in [5.74, 6) is -0.0973. The molecule has 0 aliphatic carbocycles. The summed E-state index contributed by atoms with van der Waals surface area (Å²) in [5.41, 5.74) is 0.786. The monoisotopic (exact) mass is 380 g/mol. The zero-order valence-electron chi connectivity index (χ0n) is 12.8. The van der Waals surface area contributed by atoms with Gasteiger partial charge in [0.2, 0.25) is 5.82 Å². The Morgan fingerprint density at radius 1 is 1.30 bits per heavy atom. The van der Waals surface area contributed by atoms with Crippen LogP contribution in [0.5, 0.6) is 0 Å². The summed E-state index contributed by atoms with van der Waals surface area (Å²) in [7, 11) is 0. The van der Waals surface area contributed by atoms with Gasteiger partial charge in [-0.3, -0.25) is 10.1 Å². The second-order valence-corrected chi connectivity index (χ2v) is 5.90. The highest BCUT2D eigenvalue weighted by molar-refractivity contribution is 9.10. The normalized spacial score (nSPS) is 11.8. The van der Waals surface area contributed by atoms with E-state index >= 15 is 0 Å². The molecule has 0 saturated heterocycles. The maximum atomic E-state index is 11.8. The number of halogens is 1. The quantitative estimate of drug-likeness (QED) is 0.821. The van der Waals surface area contributed by atoms with Gasteiger partial charge in [-0.2, -0.15) is 4.80 Å². The average molecular weight is 381 g/mol. The van der Waals surface area contributed by atoms with Crippen molar-refractivity contribution in [3.8, 4) is 11.4 Å². The number of hydrogen-bond acceptors (Lipinski definition) is 5. The fraction of sp³-hybridized carbons (Fsp3) is 0.357. The maximum Gasteiger partial charge on any atom is 0.321 e. The molecule has 9 heteroatoms. The molecule has 0 spiro atoms. The van der Waals surface area contributed by atoms with E-state index in [1.165, 1.54) is 0 Å². The van der Waals surface area contributed by atoms with E-state index in [-0.39, 0.29) is 12.6 Å². The lowest BCUT2D eigenvalue weighted by atomic mass is 10.2. The third-order valence-corrected chi connectivity index (χ3v) is 3.61. The molecule has 0 unspecified atom stereocenters. The molecule has 0 radical (unpaired) electrons. The van der Waals surface area contributed by atoms with Crippen molar-refractivity contribution in [3.63, 3.8) is 0 Å². The number of rotatable bonds is 5. The van der Waals surface area contributed by atoms with Gasteiger partial charge in [0.05, 0.1) is 0 Å². The Hall–Kier alpha value is -2.29. The van der Waals surface area contributed by atoms with Crippen molar-refractivity contribution in [1.82, 2.24) is 30.8 Å². The molecule has 8 nitrogen and oxygen atoms in total. The standard InChI is InChI=1S/C14H17BrN6O2/c1-3-9(2)16-14(23)17-12(22)8-21-19-13(18-20-21)10-4-6-11(15)7-5-10/h4-7,9H,3,8H2,1-2H3,(H2,16,17,22,23)/t9-/m0/s1. The van der Waals surface area contributed by atoms with E-state index in [0.717, 1.165) is 21.3 Å². The van der Waals surface area contributed by atoms with Crippen molar-refractivity contribution in [1.29, 1.82) is 0 Å². The predicted octanol–water partition coefficient (Wildman–Crippen LogP) is 1.73. The number of nitrogens with one attached hydrogen (secondary N) is 2. The Labute approximate surface area is 141 Å². The lowest BCUT2D eigenvalue weighted by Crippen LogP contribution is -2.44. The lowest BCUT2D eigenvalue weighted by molar-refractivity contribution is -0.121. The topological polar surface area (TPSA) is 102 Å². The first-order chi connectivity index (χ1) is 11.0. The van der Waals surface area contributed by atoms with E-state index in [2.05, 4.69) is 42.0 Å². The van der Waals surface area contributed by atoms with Crippen LogP contribution in [0.2, 0.25) is 0 Å². The molecule has 2 rings (SSSR count). The van der Waals surface area contributed by atoms with E-state index in [1.807, 2.05) is 38.1 Å². The second kappa shape index (κ2) is 7.82. The third-order valence-electron chi connectivity index (χ3n) is 3.08. The summed E-state index contributed by atoms with van der Waals surface area (Å²) in [6, 6.07) is 6.87. The number of amides is 3. The Kier molecular flexibility index (Phi) is 5.80. The smallest absolute Gasteiger partial charge is 0.321 e. The lowest BCUT2D eigenvalue weighted by Gasteiger charge is -2.11. The minimum Gasteiger partial charge on any atom is -0.335 e. The molecule has 1 aromatic heterocycles. The fourth-order valence-electron chi connectivity index (χ4n) is 1.68. The minimum atomic E-state index is -0.530. The molecular formula is C14H17BrN6O2. The summed E-state index contributed by atoms with van der Waals surface area (Å²) in [4.78, 5) is 24.5. The van der Waals surface area contributed by atoms with Crippen LogP contribution in [0.1, 0.15) is 20.3 Å². The number of imide groups is 1. The van der Waals surface area contributed by atoms with Gasteiger partial charge in [-0.25, -0.2) is 4.79 Å². The number of benzene rings is 1. The van der Waals surface area contributed by atoms with Gasteiger partial charge in [0, 0.05) is 16.1 Å². The number of urea groups is 1. The Bertz CT molecular complexity index is 685. The van der Waals surface area contributed by atoms with Crippen LogP contribution < -0.4 is 10.6 Å². The minimum absolute atomic E-state index is 0.00342. The molecule has 0 bridgehead atoms. The first kappa shape index (κ1) is 17.1. The molecular weight excluding hydrogens is 364 g/mol.